The number of imidazole rings is 1. The van der Waals surface area contributed by atoms with Gasteiger partial charge in [0.1, 0.15) is 33.6 Å². The van der Waals surface area contributed by atoms with Gasteiger partial charge in [-0.05, 0) is 37.1 Å². The maximum atomic E-state index is 13.5. The zero-order chi connectivity index (χ0) is 28.1. The number of fused-ring (bicyclic) bond motifs is 2. The smallest absolute Gasteiger partial charge is 0.318 e. The highest BCUT2D eigenvalue weighted by molar-refractivity contribution is 7.17. The van der Waals surface area contributed by atoms with Crippen molar-refractivity contribution in [1.29, 1.82) is 5.26 Å². The third kappa shape index (κ3) is 4.18. The fourth-order valence-corrected chi connectivity index (χ4v) is 7.44. The molecule has 3 aromatic heterocycles. The van der Waals surface area contributed by atoms with Crippen LogP contribution in [0.5, 0.6) is 0 Å². The first kappa shape index (κ1) is 26.2. The number of aryl methyl sites for hydroxylation is 1. The first-order valence-corrected chi connectivity index (χ1v) is 14.7. The minimum Gasteiger partial charge on any atom is -0.354 e. The number of amides is 2. The second kappa shape index (κ2) is 10.2. The van der Waals surface area contributed by atoms with Crippen LogP contribution in [-0.4, -0.2) is 69.3 Å². The minimum absolute atomic E-state index is 0.0344. The van der Waals surface area contributed by atoms with Gasteiger partial charge in [0.25, 0.3) is 0 Å². The van der Waals surface area contributed by atoms with Gasteiger partial charge in [0.2, 0.25) is 4.96 Å². The summed E-state index contributed by atoms with van der Waals surface area (Å²) in [5.74, 6) is 0.539. The second-order valence-corrected chi connectivity index (χ2v) is 11.7. The van der Waals surface area contributed by atoms with Crippen LogP contribution in [0.1, 0.15) is 41.3 Å². The number of aromatic nitrogens is 4. The van der Waals surface area contributed by atoms with Gasteiger partial charge in [-0.2, -0.15) is 14.9 Å². The first-order chi connectivity index (χ1) is 19.3. The SMILES string of the molecule is CCc1nc2sc(C3CC(N(C)C(=O)NC)N4CCC=C34)nn2c1N(C)c1nc(-c2ccc(F)cc2)c(C#N)s1. The van der Waals surface area contributed by atoms with E-state index in [4.69, 9.17) is 15.1 Å². The van der Waals surface area contributed by atoms with Gasteiger partial charge in [0, 0.05) is 45.4 Å². The van der Waals surface area contributed by atoms with Crippen LogP contribution in [0.25, 0.3) is 16.2 Å². The average Bonchev–Trinajstić information content (AvgIpc) is 3.77. The minimum atomic E-state index is -0.339. The third-order valence-corrected chi connectivity index (χ3v) is 9.60. The van der Waals surface area contributed by atoms with Gasteiger partial charge in [-0.1, -0.05) is 35.7 Å². The topological polar surface area (TPSA) is 106 Å². The largest absolute Gasteiger partial charge is 0.354 e. The molecule has 4 aromatic rings. The molecule has 6 rings (SSSR count). The Kier molecular flexibility index (Phi) is 6.67. The van der Waals surface area contributed by atoms with Crippen LogP contribution in [-0.2, 0) is 6.42 Å². The van der Waals surface area contributed by atoms with Gasteiger partial charge < -0.3 is 20.0 Å². The van der Waals surface area contributed by atoms with Gasteiger partial charge in [-0.25, -0.2) is 19.2 Å². The molecule has 10 nitrogen and oxygen atoms in total. The Bertz CT molecular complexity index is 1670. The molecule has 2 aliphatic rings. The van der Waals surface area contributed by atoms with Crippen molar-refractivity contribution in [2.75, 3.05) is 32.6 Å². The third-order valence-electron chi connectivity index (χ3n) is 7.54. The maximum Gasteiger partial charge on any atom is 0.318 e. The number of anilines is 2. The lowest BCUT2D eigenvalue weighted by atomic mass is 10.1. The van der Waals surface area contributed by atoms with E-state index in [0.717, 1.165) is 40.9 Å². The zero-order valence-corrected chi connectivity index (χ0v) is 24.2. The van der Waals surface area contributed by atoms with Crippen molar-refractivity contribution >= 4 is 44.6 Å². The predicted octanol–water partition coefficient (Wildman–Crippen LogP) is 4.93. The number of benzene rings is 1. The van der Waals surface area contributed by atoms with E-state index in [0.29, 0.717) is 27.7 Å². The van der Waals surface area contributed by atoms with Crippen molar-refractivity contribution in [3.8, 4) is 17.3 Å². The Balaban J connectivity index is 1.36. The van der Waals surface area contributed by atoms with Crippen LogP contribution in [0.2, 0.25) is 0 Å². The van der Waals surface area contributed by atoms with Gasteiger partial charge in [-0.15, -0.1) is 0 Å². The highest BCUT2D eigenvalue weighted by Crippen LogP contribution is 2.46. The molecule has 1 fully saturated rings. The van der Waals surface area contributed by atoms with Crippen molar-refractivity contribution in [2.24, 2.45) is 0 Å². The molecule has 2 unspecified atom stereocenters. The Morgan fingerprint density at radius 3 is 2.73 bits per heavy atom. The van der Waals surface area contributed by atoms with Crippen LogP contribution in [0.4, 0.5) is 20.1 Å². The summed E-state index contributed by atoms with van der Waals surface area (Å²) in [6.07, 6.45) is 4.63. The van der Waals surface area contributed by atoms with E-state index in [1.54, 1.807) is 35.4 Å². The monoisotopic (exact) mass is 577 g/mol. The number of thiazole rings is 1. The molecule has 2 aliphatic heterocycles. The lowest BCUT2D eigenvalue weighted by molar-refractivity contribution is 0.134. The summed E-state index contributed by atoms with van der Waals surface area (Å²) in [5.41, 5.74) is 3.31. The molecule has 0 saturated carbocycles. The Morgan fingerprint density at radius 2 is 2.02 bits per heavy atom. The molecule has 0 spiro atoms. The lowest BCUT2D eigenvalue weighted by Gasteiger charge is -2.31. The number of rotatable bonds is 6. The Morgan fingerprint density at radius 1 is 1.25 bits per heavy atom. The molecule has 2 atom stereocenters. The number of nitrogens with zero attached hydrogens (tertiary/aromatic N) is 8. The van der Waals surface area contributed by atoms with Gasteiger partial charge in [-0.3, -0.25) is 0 Å². The summed E-state index contributed by atoms with van der Waals surface area (Å²) in [4.78, 5) is 29.3. The molecule has 1 aromatic carbocycles. The summed E-state index contributed by atoms with van der Waals surface area (Å²) < 4.78 is 15.4. The van der Waals surface area contributed by atoms with Crippen molar-refractivity contribution in [3.05, 3.63) is 57.4 Å². The Hall–Kier alpha value is -4.02. The van der Waals surface area contributed by atoms with Gasteiger partial charge in [0.05, 0.1) is 11.6 Å². The summed E-state index contributed by atoms with van der Waals surface area (Å²) in [7, 11) is 5.39. The van der Waals surface area contributed by atoms with Crippen LogP contribution in [0.3, 0.4) is 0 Å². The standard InChI is InChI=1S/C27H28FN9OS2/c1-5-18-24(35(4)26-32-22(20(14-29)39-26)15-8-10-16(28)11-9-15)37-27(31-18)40-23(33-37)17-13-21(34(3)25(38)30-2)36-12-6-7-19(17)36/h7-11,17,21H,5-6,12-13H2,1-4H3,(H,30,38). The number of halogens is 1. The van der Waals surface area contributed by atoms with Crippen LogP contribution < -0.4 is 10.2 Å². The number of allylic oxidation sites excluding steroid dienone is 1. The highest BCUT2D eigenvalue weighted by atomic mass is 32.1. The number of nitrogens with one attached hydrogen (secondary N) is 1. The van der Waals surface area contributed by atoms with Crippen molar-refractivity contribution < 1.29 is 9.18 Å². The molecular weight excluding hydrogens is 549 g/mol. The first-order valence-electron chi connectivity index (χ1n) is 13.0. The number of hydrogen-bond acceptors (Lipinski definition) is 9. The van der Waals surface area contributed by atoms with E-state index in [1.807, 2.05) is 23.5 Å². The number of hydrogen-bond donors (Lipinski definition) is 1. The number of nitriles is 1. The summed E-state index contributed by atoms with van der Waals surface area (Å²) in [6.45, 7) is 2.94. The molecule has 13 heteroatoms. The molecule has 0 aliphatic carbocycles. The van der Waals surface area contributed by atoms with Gasteiger partial charge >= 0.3 is 6.03 Å². The van der Waals surface area contributed by atoms with Crippen molar-refractivity contribution in [1.82, 2.24) is 34.7 Å². The predicted molar refractivity (Wildman–Crippen MR) is 153 cm³/mol. The van der Waals surface area contributed by atoms with E-state index >= 15 is 0 Å². The number of urea groups is 1. The molecule has 2 amide bonds. The van der Waals surface area contributed by atoms with E-state index in [9.17, 15) is 14.4 Å². The van der Waals surface area contributed by atoms with E-state index < -0.39 is 0 Å². The molecule has 40 heavy (non-hydrogen) atoms. The second-order valence-electron chi connectivity index (χ2n) is 9.77. The highest BCUT2D eigenvalue weighted by Gasteiger charge is 2.43. The van der Waals surface area contributed by atoms with Crippen molar-refractivity contribution in [3.63, 3.8) is 0 Å². The molecule has 1 saturated heterocycles. The number of carbonyl (C=O) groups is 1. The summed E-state index contributed by atoms with van der Waals surface area (Å²) in [6, 6.07) is 8.13. The quantitative estimate of drug-likeness (QED) is 0.346. The fourth-order valence-electron chi connectivity index (χ4n) is 5.56. The van der Waals surface area contributed by atoms with Crippen LogP contribution in [0, 0.1) is 17.1 Å². The molecular formula is C27H28FN9OS2. The van der Waals surface area contributed by atoms with Crippen LogP contribution in [0.15, 0.2) is 36.0 Å². The molecule has 206 valence electrons. The molecule has 1 N–H and O–H groups in total. The average molecular weight is 578 g/mol. The summed E-state index contributed by atoms with van der Waals surface area (Å²) >= 11 is 2.85. The number of carbonyl (C=O) groups excluding carboxylic acids is 1. The zero-order valence-electron chi connectivity index (χ0n) is 22.6. The van der Waals surface area contributed by atoms with E-state index in [1.165, 1.54) is 29.2 Å². The fraction of sp³-hybridized carbons (Fsp3) is 0.370. The molecule has 5 heterocycles. The summed E-state index contributed by atoms with van der Waals surface area (Å²) in [5, 5.41) is 19.2. The Labute approximate surface area is 239 Å². The lowest BCUT2D eigenvalue weighted by Crippen LogP contribution is -2.47. The van der Waals surface area contributed by atoms with Crippen molar-refractivity contribution in [2.45, 2.75) is 38.3 Å². The van der Waals surface area contributed by atoms with E-state index in [-0.39, 0.29) is 23.9 Å². The molecule has 0 bridgehead atoms. The van der Waals surface area contributed by atoms with E-state index in [2.05, 4.69) is 29.3 Å². The normalized spacial score (nSPS) is 18.1. The maximum absolute atomic E-state index is 13.5. The van der Waals surface area contributed by atoms with Gasteiger partial charge in [0.15, 0.2) is 10.9 Å². The molecule has 0 radical (unpaired) electrons. The van der Waals surface area contributed by atoms with Crippen LogP contribution >= 0.6 is 22.7 Å².